The van der Waals surface area contributed by atoms with Gasteiger partial charge in [-0.2, -0.15) is 0 Å². The van der Waals surface area contributed by atoms with Gasteiger partial charge in [-0.1, -0.05) is 0 Å². The summed E-state index contributed by atoms with van der Waals surface area (Å²) in [7, 11) is 1.56. The van der Waals surface area contributed by atoms with Crippen molar-refractivity contribution in [3.63, 3.8) is 0 Å². The van der Waals surface area contributed by atoms with Crippen molar-refractivity contribution in [3.05, 3.63) is 85.0 Å². The first-order valence-electron chi connectivity index (χ1n) is 15.6. The molecule has 14 heteroatoms. The Balaban J connectivity index is 1.20. The Morgan fingerprint density at radius 3 is 1.36 bits per heavy atom. The second kappa shape index (κ2) is 14.7. The maximum Gasteiger partial charge on any atom is 0.253 e. The summed E-state index contributed by atoms with van der Waals surface area (Å²) < 4.78 is 16.7. The Hall–Kier alpha value is -6.57. The molecule has 3 heterocycles. The predicted octanol–water partition coefficient (Wildman–Crippen LogP) is 3.68. The van der Waals surface area contributed by atoms with Crippen molar-refractivity contribution in [1.82, 2.24) is 24.8 Å². The number of benzene rings is 3. The zero-order valence-corrected chi connectivity index (χ0v) is 26.8. The molecule has 0 aliphatic carbocycles. The first kappa shape index (κ1) is 33.3. The lowest BCUT2D eigenvalue weighted by Gasteiger charge is -2.15. The van der Waals surface area contributed by atoms with Gasteiger partial charge in [-0.05, 0) is 61.4 Å². The first-order chi connectivity index (χ1) is 24.2. The Morgan fingerprint density at radius 1 is 0.560 bits per heavy atom. The molecule has 4 aromatic rings. The highest BCUT2D eigenvalue weighted by molar-refractivity contribution is 6.13. The van der Waals surface area contributed by atoms with Crippen molar-refractivity contribution in [1.29, 1.82) is 0 Å². The van der Waals surface area contributed by atoms with Crippen LogP contribution in [0.3, 0.4) is 0 Å². The molecule has 50 heavy (non-hydrogen) atoms. The van der Waals surface area contributed by atoms with Crippen molar-refractivity contribution in [3.8, 4) is 62.9 Å². The van der Waals surface area contributed by atoms with Gasteiger partial charge in [-0.3, -0.25) is 29.0 Å². The fourth-order valence-electron chi connectivity index (χ4n) is 5.20. The third kappa shape index (κ3) is 7.44. The minimum atomic E-state index is -0.360. The van der Waals surface area contributed by atoms with Crippen LogP contribution in [0.4, 0.5) is 0 Å². The van der Waals surface area contributed by atoms with Gasteiger partial charge in [0.25, 0.3) is 23.6 Å². The lowest BCUT2D eigenvalue weighted by atomic mass is 10.1. The summed E-state index contributed by atoms with van der Waals surface area (Å²) in [5.41, 5.74) is 1.18. The molecule has 0 bridgehead atoms. The van der Waals surface area contributed by atoms with Gasteiger partial charge in [0.05, 0.1) is 31.5 Å². The smallest absolute Gasteiger partial charge is 0.253 e. The second-order valence-corrected chi connectivity index (χ2v) is 11.1. The van der Waals surface area contributed by atoms with Crippen LogP contribution in [0.1, 0.15) is 12.8 Å². The Kier molecular flexibility index (Phi) is 9.79. The van der Waals surface area contributed by atoms with Crippen molar-refractivity contribution in [2.45, 2.75) is 12.8 Å². The van der Waals surface area contributed by atoms with Gasteiger partial charge < -0.3 is 24.4 Å². The molecule has 0 unspecified atom stereocenters. The molecule has 4 amide bonds. The molecular weight excluding hydrogens is 646 g/mol. The van der Waals surface area contributed by atoms with E-state index in [1.165, 1.54) is 36.4 Å². The summed E-state index contributed by atoms with van der Waals surface area (Å²) >= 11 is 0. The molecule has 0 saturated heterocycles. The number of aromatic nitrogens is 3. The van der Waals surface area contributed by atoms with E-state index in [1.807, 2.05) is 0 Å². The van der Waals surface area contributed by atoms with Crippen LogP contribution in [-0.2, 0) is 19.2 Å². The number of aromatic hydroxyl groups is 2. The monoisotopic (exact) mass is 677 g/mol. The van der Waals surface area contributed by atoms with Crippen LogP contribution >= 0.6 is 0 Å². The van der Waals surface area contributed by atoms with Crippen molar-refractivity contribution < 1.29 is 43.6 Å². The van der Waals surface area contributed by atoms with E-state index in [2.05, 4.69) is 15.0 Å². The number of hydrogen-bond acceptors (Lipinski definition) is 12. The summed E-state index contributed by atoms with van der Waals surface area (Å²) in [6.07, 6.45) is 5.71. The van der Waals surface area contributed by atoms with Gasteiger partial charge in [-0.15, -0.1) is 0 Å². The first-order valence-corrected chi connectivity index (χ1v) is 15.6. The lowest BCUT2D eigenvalue weighted by Crippen LogP contribution is -2.31. The Bertz CT molecular complexity index is 1870. The number of imide groups is 2. The number of carbonyl (C=O) groups is 4. The zero-order chi connectivity index (χ0) is 35.2. The van der Waals surface area contributed by atoms with Crippen LogP contribution in [0.2, 0.25) is 0 Å². The van der Waals surface area contributed by atoms with Gasteiger partial charge in [0, 0.05) is 55.1 Å². The number of hydrogen-bond donors (Lipinski definition) is 2. The lowest BCUT2D eigenvalue weighted by molar-refractivity contribution is -0.138. The highest BCUT2D eigenvalue weighted by Crippen LogP contribution is 2.36. The number of phenolic OH excluding ortho intramolecular Hbond substituents is 2. The quantitative estimate of drug-likeness (QED) is 0.146. The molecule has 0 spiro atoms. The van der Waals surface area contributed by atoms with Crippen LogP contribution in [0.5, 0.6) is 28.7 Å². The maximum atomic E-state index is 11.7. The van der Waals surface area contributed by atoms with Crippen molar-refractivity contribution in [2.75, 3.05) is 33.4 Å². The van der Waals surface area contributed by atoms with E-state index in [0.717, 1.165) is 9.80 Å². The average molecular weight is 678 g/mol. The van der Waals surface area contributed by atoms with Gasteiger partial charge in [-0.25, -0.2) is 15.0 Å². The fourth-order valence-corrected chi connectivity index (χ4v) is 5.20. The number of methoxy groups -OCH3 is 1. The number of amides is 4. The SMILES string of the molecule is COc1ccc(-c2nc(-c3ccc(OCCCN4C(=O)C=CC4=O)cc3O)nc(-c3ccc(OCCCN4C(=O)C=CC4=O)cc3O)n2)cc1. The molecular formula is C36H31N5O9. The molecule has 3 aromatic carbocycles. The molecule has 0 atom stereocenters. The normalized spacial score (nSPS) is 13.9. The number of rotatable bonds is 14. The van der Waals surface area contributed by atoms with E-state index in [4.69, 9.17) is 14.2 Å². The number of ether oxygens (including phenoxy) is 3. The topological polar surface area (TPSA) is 182 Å². The third-order valence-corrected chi connectivity index (χ3v) is 7.79. The maximum absolute atomic E-state index is 11.7. The molecule has 2 aliphatic rings. The molecule has 254 valence electrons. The number of phenols is 2. The standard InChI is InChI=1S/C36H31N5O9/c1-48-23-6-4-22(5-7-23)34-37-35(26-10-8-24(20-28(26)42)49-18-2-16-40-30(44)12-13-31(40)45)39-36(38-34)27-11-9-25(21-29(27)43)50-19-3-17-41-32(46)14-15-33(41)47/h4-15,20-21,42-43H,2-3,16-19H2,1H3. The minimum Gasteiger partial charge on any atom is -0.507 e. The van der Waals surface area contributed by atoms with Gasteiger partial charge in [0.2, 0.25) is 0 Å². The molecule has 0 saturated carbocycles. The van der Waals surface area contributed by atoms with Gasteiger partial charge in [0.1, 0.15) is 28.7 Å². The van der Waals surface area contributed by atoms with E-state index in [9.17, 15) is 29.4 Å². The van der Waals surface area contributed by atoms with E-state index in [1.54, 1.807) is 55.6 Å². The molecule has 1 aromatic heterocycles. The third-order valence-electron chi connectivity index (χ3n) is 7.79. The Morgan fingerprint density at radius 2 is 0.960 bits per heavy atom. The number of nitrogens with zero attached hydrogens (tertiary/aromatic N) is 5. The summed E-state index contributed by atoms with van der Waals surface area (Å²) in [5, 5.41) is 22.0. The molecule has 2 N–H and O–H groups in total. The van der Waals surface area contributed by atoms with E-state index in [0.29, 0.717) is 35.7 Å². The van der Waals surface area contributed by atoms with Gasteiger partial charge in [0.15, 0.2) is 17.5 Å². The van der Waals surface area contributed by atoms with Gasteiger partial charge >= 0.3 is 0 Å². The summed E-state index contributed by atoms with van der Waals surface area (Å²) in [4.78, 5) is 63.0. The second-order valence-electron chi connectivity index (χ2n) is 11.1. The summed E-state index contributed by atoms with van der Waals surface area (Å²) in [5.74, 6) is 0.0965. The van der Waals surface area contributed by atoms with Crippen molar-refractivity contribution in [2.24, 2.45) is 0 Å². The summed E-state index contributed by atoms with van der Waals surface area (Å²) in [6, 6.07) is 16.3. The largest absolute Gasteiger partial charge is 0.507 e. The van der Waals surface area contributed by atoms with Crippen molar-refractivity contribution >= 4 is 23.6 Å². The molecule has 14 nitrogen and oxygen atoms in total. The van der Waals surface area contributed by atoms with Crippen LogP contribution in [0.25, 0.3) is 34.2 Å². The van der Waals surface area contributed by atoms with Crippen LogP contribution in [0.15, 0.2) is 85.0 Å². The average Bonchev–Trinajstić information content (AvgIpc) is 3.62. The highest BCUT2D eigenvalue weighted by atomic mass is 16.5. The van der Waals surface area contributed by atoms with E-state index >= 15 is 0 Å². The molecule has 0 radical (unpaired) electrons. The predicted molar refractivity (Wildman–Crippen MR) is 178 cm³/mol. The van der Waals surface area contributed by atoms with E-state index in [-0.39, 0.29) is 90.0 Å². The fraction of sp³-hybridized carbons (Fsp3) is 0.194. The van der Waals surface area contributed by atoms with Crippen LogP contribution < -0.4 is 14.2 Å². The number of carbonyl (C=O) groups excluding carboxylic acids is 4. The molecule has 0 fully saturated rings. The minimum absolute atomic E-state index is 0.128. The zero-order valence-electron chi connectivity index (χ0n) is 26.8. The van der Waals surface area contributed by atoms with Crippen LogP contribution in [0, 0.1) is 0 Å². The highest BCUT2D eigenvalue weighted by Gasteiger charge is 2.24. The molecule has 6 rings (SSSR count). The van der Waals surface area contributed by atoms with Crippen LogP contribution in [-0.4, -0.2) is 92.0 Å². The van der Waals surface area contributed by atoms with E-state index < -0.39 is 0 Å². The molecule has 2 aliphatic heterocycles. The summed E-state index contributed by atoms with van der Waals surface area (Å²) in [6.45, 7) is 0.804. The Labute approximate surface area is 285 Å².